The molecule has 17 heavy (non-hydrogen) atoms. The summed E-state index contributed by atoms with van der Waals surface area (Å²) >= 11 is 3.13. The number of hydrogen-bond acceptors (Lipinski definition) is 4. The molecule has 0 radical (unpaired) electrons. The van der Waals surface area contributed by atoms with E-state index in [9.17, 15) is 4.79 Å². The SMILES string of the molecule is COc1ccc(Oc2cn[nH]c(=O)c2Br)cc1. The van der Waals surface area contributed by atoms with Gasteiger partial charge in [-0.3, -0.25) is 4.79 Å². The van der Waals surface area contributed by atoms with E-state index in [2.05, 4.69) is 26.1 Å². The molecule has 1 N–H and O–H groups in total. The summed E-state index contributed by atoms with van der Waals surface area (Å²) in [4.78, 5) is 11.3. The van der Waals surface area contributed by atoms with Gasteiger partial charge in [0.25, 0.3) is 5.56 Å². The number of methoxy groups -OCH3 is 1. The molecule has 2 rings (SSSR count). The van der Waals surface area contributed by atoms with Crippen molar-refractivity contribution >= 4 is 15.9 Å². The second-order valence-corrected chi connectivity index (χ2v) is 3.95. The molecule has 0 bridgehead atoms. The molecule has 0 spiro atoms. The summed E-state index contributed by atoms with van der Waals surface area (Å²) in [6.07, 6.45) is 1.43. The zero-order valence-corrected chi connectivity index (χ0v) is 10.5. The molecule has 2 aromatic rings. The average molecular weight is 297 g/mol. The number of hydrogen-bond donors (Lipinski definition) is 1. The van der Waals surface area contributed by atoms with E-state index >= 15 is 0 Å². The van der Waals surface area contributed by atoms with Crippen molar-refractivity contribution in [1.82, 2.24) is 10.2 Å². The van der Waals surface area contributed by atoms with Gasteiger partial charge in [-0.05, 0) is 40.2 Å². The molecule has 0 atom stereocenters. The monoisotopic (exact) mass is 296 g/mol. The zero-order chi connectivity index (χ0) is 12.3. The molecule has 1 aromatic carbocycles. The minimum Gasteiger partial charge on any atom is -0.497 e. The quantitative estimate of drug-likeness (QED) is 0.944. The Hall–Kier alpha value is -1.82. The van der Waals surface area contributed by atoms with Gasteiger partial charge in [0.05, 0.1) is 13.3 Å². The Morgan fingerprint density at radius 1 is 1.24 bits per heavy atom. The average Bonchev–Trinajstić information content (AvgIpc) is 2.36. The van der Waals surface area contributed by atoms with Crippen LogP contribution in [0.4, 0.5) is 0 Å². The maximum Gasteiger partial charge on any atom is 0.282 e. The minimum absolute atomic E-state index is 0.309. The molecule has 0 aliphatic carbocycles. The van der Waals surface area contributed by atoms with Crippen LogP contribution in [0.2, 0.25) is 0 Å². The second-order valence-electron chi connectivity index (χ2n) is 3.15. The van der Waals surface area contributed by atoms with Gasteiger partial charge in [-0.25, -0.2) is 5.10 Å². The van der Waals surface area contributed by atoms with E-state index in [1.165, 1.54) is 6.20 Å². The van der Waals surface area contributed by atoms with E-state index in [1.54, 1.807) is 31.4 Å². The highest BCUT2D eigenvalue weighted by molar-refractivity contribution is 9.10. The van der Waals surface area contributed by atoms with Crippen molar-refractivity contribution in [2.45, 2.75) is 0 Å². The van der Waals surface area contributed by atoms with Crippen LogP contribution in [0.5, 0.6) is 17.2 Å². The summed E-state index contributed by atoms with van der Waals surface area (Å²) in [5.74, 6) is 1.69. The van der Waals surface area contributed by atoms with Crippen LogP contribution in [0.3, 0.4) is 0 Å². The Labute approximate surface area is 106 Å². The van der Waals surface area contributed by atoms with Crippen molar-refractivity contribution in [3.63, 3.8) is 0 Å². The summed E-state index contributed by atoms with van der Waals surface area (Å²) in [6.45, 7) is 0. The number of nitrogens with one attached hydrogen (secondary N) is 1. The fraction of sp³-hybridized carbons (Fsp3) is 0.0909. The Bertz CT molecular complexity index is 566. The maximum atomic E-state index is 11.3. The number of rotatable bonds is 3. The Balaban J connectivity index is 2.25. The van der Waals surface area contributed by atoms with Crippen LogP contribution in [0.1, 0.15) is 0 Å². The van der Waals surface area contributed by atoms with Gasteiger partial charge < -0.3 is 9.47 Å². The predicted molar refractivity (Wildman–Crippen MR) is 65.6 cm³/mol. The van der Waals surface area contributed by atoms with Gasteiger partial charge in [-0.1, -0.05) is 0 Å². The summed E-state index contributed by atoms with van der Waals surface area (Å²) in [5, 5.41) is 5.95. The van der Waals surface area contributed by atoms with Crippen molar-refractivity contribution in [2.24, 2.45) is 0 Å². The van der Waals surface area contributed by atoms with Crippen LogP contribution >= 0.6 is 15.9 Å². The summed E-state index contributed by atoms with van der Waals surface area (Å²) in [5.41, 5.74) is -0.337. The summed E-state index contributed by atoms with van der Waals surface area (Å²) in [6, 6.07) is 7.02. The van der Waals surface area contributed by atoms with Crippen LogP contribution in [0.15, 0.2) is 39.7 Å². The van der Waals surface area contributed by atoms with Gasteiger partial charge in [-0.15, -0.1) is 0 Å². The molecule has 6 heteroatoms. The van der Waals surface area contributed by atoms with Gasteiger partial charge in [0.1, 0.15) is 16.0 Å². The Kier molecular flexibility index (Phi) is 3.43. The third kappa shape index (κ3) is 2.65. The van der Waals surface area contributed by atoms with E-state index in [0.717, 1.165) is 5.75 Å². The number of H-pyrrole nitrogens is 1. The molecule has 0 saturated heterocycles. The van der Waals surface area contributed by atoms with Crippen molar-refractivity contribution in [3.8, 4) is 17.2 Å². The van der Waals surface area contributed by atoms with Crippen LogP contribution in [0, 0.1) is 0 Å². The normalized spacial score (nSPS) is 10.0. The van der Waals surface area contributed by atoms with Crippen molar-refractivity contribution in [3.05, 3.63) is 45.3 Å². The fourth-order valence-electron chi connectivity index (χ4n) is 1.21. The highest BCUT2D eigenvalue weighted by Crippen LogP contribution is 2.26. The number of aromatic amines is 1. The van der Waals surface area contributed by atoms with Gasteiger partial charge in [-0.2, -0.15) is 5.10 Å². The number of benzene rings is 1. The maximum absolute atomic E-state index is 11.3. The lowest BCUT2D eigenvalue weighted by atomic mass is 10.3. The molecule has 1 aromatic heterocycles. The predicted octanol–water partition coefficient (Wildman–Crippen LogP) is 2.33. The van der Waals surface area contributed by atoms with Crippen molar-refractivity contribution < 1.29 is 9.47 Å². The molecule has 0 aliphatic rings. The first-order valence-electron chi connectivity index (χ1n) is 4.76. The number of ether oxygens (including phenoxy) is 2. The third-order valence-corrected chi connectivity index (χ3v) is 2.80. The topological polar surface area (TPSA) is 64.2 Å². The fourth-order valence-corrected chi connectivity index (χ4v) is 1.48. The number of aromatic nitrogens is 2. The highest BCUT2D eigenvalue weighted by Gasteiger charge is 2.06. The molecule has 88 valence electrons. The van der Waals surface area contributed by atoms with Crippen LogP contribution in [-0.2, 0) is 0 Å². The summed E-state index contributed by atoms with van der Waals surface area (Å²) in [7, 11) is 1.59. The van der Waals surface area contributed by atoms with Crippen molar-refractivity contribution in [2.75, 3.05) is 7.11 Å². The van der Waals surface area contributed by atoms with E-state index in [4.69, 9.17) is 9.47 Å². The Morgan fingerprint density at radius 3 is 2.53 bits per heavy atom. The van der Waals surface area contributed by atoms with Crippen LogP contribution in [-0.4, -0.2) is 17.3 Å². The largest absolute Gasteiger partial charge is 0.497 e. The van der Waals surface area contributed by atoms with Crippen LogP contribution < -0.4 is 15.0 Å². The third-order valence-electron chi connectivity index (χ3n) is 2.05. The Morgan fingerprint density at radius 2 is 1.88 bits per heavy atom. The number of halogens is 1. The first kappa shape index (κ1) is 11.7. The summed E-state index contributed by atoms with van der Waals surface area (Å²) < 4.78 is 10.8. The smallest absolute Gasteiger partial charge is 0.282 e. The lowest BCUT2D eigenvalue weighted by Crippen LogP contribution is -2.09. The van der Waals surface area contributed by atoms with E-state index < -0.39 is 0 Å². The van der Waals surface area contributed by atoms with Gasteiger partial charge >= 0.3 is 0 Å². The molecule has 0 aliphatic heterocycles. The van der Waals surface area contributed by atoms with E-state index in [1.807, 2.05) is 0 Å². The van der Waals surface area contributed by atoms with Gasteiger partial charge in [0.15, 0.2) is 5.75 Å². The standard InChI is InChI=1S/C11H9BrN2O3/c1-16-7-2-4-8(5-3-7)17-9-6-13-14-11(15)10(9)12/h2-6H,1H3,(H,14,15). The lowest BCUT2D eigenvalue weighted by molar-refractivity contribution is 0.412. The molecule has 0 amide bonds. The van der Waals surface area contributed by atoms with Gasteiger partial charge in [0, 0.05) is 0 Å². The first-order chi connectivity index (χ1) is 8.20. The molecule has 0 fully saturated rings. The van der Waals surface area contributed by atoms with E-state index in [-0.39, 0.29) is 5.56 Å². The molecular weight excluding hydrogens is 288 g/mol. The first-order valence-corrected chi connectivity index (χ1v) is 5.55. The number of nitrogens with zero attached hydrogens (tertiary/aromatic N) is 1. The molecule has 0 saturated carbocycles. The van der Waals surface area contributed by atoms with Crippen LogP contribution in [0.25, 0.3) is 0 Å². The van der Waals surface area contributed by atoms with Crippen molar-refractivity contribution in [1.29, 1.82) is 0 Å². The molecule has 0 unspecified atom stereocenters. The minimum atomic E-state index is -0.337. The zero-order valence-electron chi connectivity index (χ0n) is 8.94. The van der Waals surface area contributed by atoms with E-state index in [0.29, 0.717) is 16.0 Å². The molecule has 5 nitrogen and oxygen atoms in total. The molecule has 1 heterocycles. The highest BCUT2D eigenvalue weighted by atomic mass is 79.9. The molecular formula is C11H9BrN2O3. The lowest BCUT2D eigenvalue weighted by Gasteiger charge is -2.06. The van der Waals surface area contributed by atoms with Gasteiger partial charge in [0.2, 0.25) is 0 Å². The second kappa shape index (κ2) is 5.01.